The molecule has 0 spiro atoms. The first kappa shape index (κ1) is 38.4. The van der Waals surface area contributed by atoms with Crippen LogP contribution in [0.1, 0.15) is 0 Å². The largest absolute Gasteiger partial charge is 0.309 e. The van der Waals surface area contributed by atoms with E-state index in [-0.39, 0.29) is 0 Å². The van der Waals surface area contributed by atoms with Gasteiger partial charge < -0.3 is 9.13 Å². The minimum atomic E-state index is 0.772. The SMILES string of the molecule is c1ccc(-c2cccc(-n3c4ccccc4c4c(-c5nnc(-c6cccc7c6c6ccccc6n7-c6cc(-c7ccccc7)cc(-c7ccccc7)c6)n5-c5ccccc5)cccc43)c2)cc1. The molecule has 0 bridgehead atoms. The van der Waals surface area contributed by atoms with Crippen molar-refractivity contribution in [2.45, 2.75) is 0 Å². The third-order valence-electron chi connectivity index (χ3n) is 13.2. The van der Waals surface area contributed by atoms with E-state index < -0.39 is 0 Å². The molecule has 13 rings (SSSR count). The van der Waals surface area contributed by atoms with Crippen molar-refractivity contribution in [2.75, 3.05) is 0 Å². The van der Waals surface area contributed by atoms with Crippen LogP contribution in [0, 0.1) is 0 Å². The molecule has 0 saturated carbocycles. The van der Waals surface area contributed by atoms with E-state index in [0.29, 0.717) is 0 Å². The second-order valence-electron chi connectivity index (χ2n) is 17.0. The third-order valence-corrected chi connectivity index (χ3v) is 13.2. The number of fused-ring (bicyclic) bond motifs is 6. The van der Waals surface area contributed by atoms with Gasteiger partial charge in [-0.15, -0.1) is 10.2 Å². The minimum absolute atomic E-state index is 0.772. The molecule has 0 amide bonds. The van der Waals surface area contributed by atoms with Gasteiger partial charge in [0.2, 0.25) is 0 Å². The van der Waals surface area contributed by atoms with Crippen LogP contribution in [-0.4, -0.2) is 23.9 Å². The highest BCUT2D eigenvalue weighted by Gasteiger charge is 2.25. The molecular formula is C62H41N5. The van der Waals surface area contributed by atoms with Gasteiger partial charge in [-0.05, 0) is 100 Å². The molecule has 10 aromatic carbocycles. The van der Waals surface area contributed by atoms with Crippen LogP contribution in [-0.2, 0) is 0 Å². The summed E-state index contributed by atoms with van der Waals surface area (Å²) in [7, 11) is 0. The normalized spacial score (nSPS) is 11.6. The zero-order valence-corrected chi connectivity index (χ0v) is 36.4. The van der Waals surface area contributed by atoms with Gasteiger partial charge in [-0.25, -0.2) is 0 Å². The van der Waals surface area contributed by atoms with E-state index in [9.17, 15) is 0 Å². The molecule has 0 aliphatic heterocycles. The zero-order chi connectivity index (χ0) is 44.3. The van der Waals surface area contributed by atoms with Crippen LogP contribution in [0.2, 0.25) is 0 Å². The van der Waals surface area contributed by atoms with E-state index in [1.54, 1.807) is 0 Å². The van der Waals surface area contributed by atoms with Gasteiger partial charge in [0.1, 0.15) is 0 Å². The fraction of sp³-hybridized carbons (Fsp3) is 0. The number of para-hydroxylation sites is 3. The van der Waals surface area contributed by atoms with Crippen molar-refractivity contribution < 1.29 is 0 Å². The second-order valence-corrected chi connectivity index (χ2v) is 17.0. The van der Waals surface area contributed by atoms with Gasteiger partial charge in [-0.1, -0.05) is 182 Å². The Morgan fingerprint density at radius 3 is 1.13 bits per heavy atom. The van der Waals surface area contributed by atoms with E-state index in [1.807, 2.05) is 0 Å². The average Bonchev–Trinajstić information content (AvgIpc) is 4.11. The van der Waals surface area contributed by atoms with Gasteiger partial charge in [0.25, 0.3) is 0 Å². The quantitative estimate of drug-likeness (QED) is 0.153. The highest BCUT2D eigenvalue weighted by Crippen LogP contribution is 2.44. The Morgan fingerprint density at radius 1 is 0.239 bits per heavy atom. The predicted molar refractivity (Wildman–Crippen MR) is 277 cm³/mol. The number of benzene rings is 10. The fourth-order valence-corrected chi connectivity index (χ4v) is 10.2. The van der Waals surface area contributed by atoms with Crippen LogP contribution < -0.4 is 0 Å². The van der Waals surface area contributed by atoms with Crippen LogP contribution in [0.15, 0.2) is 249 Å². The van der Waals surface area contributed by atoms with Crippen LogP contribution in [0.5, 0.6) is 0 Å². The van der Waals surface area contributed by atoms with E-state index >= 15 is 0 Å². The number of hydrogen-bond acceptors (Lipinski definition) is 2. The lowest BCUT2D eigenvalue weighted by Crippen LogP contribution is -2.01. The Labute approximate surface area is 387 Å². The molecular weight excluding hydrogens is 815 g/mol. The first-order chi connectivity index (χ1) is 33.3. The van der Waals surface area contributed by atoms with E-state index in [1.165, 1.54) is 22.3 Å². The molecule has 0 unspecified atom stereocenters. The summed E-state index contributed by atoms with van der Waals surface area (Å²) in [6.07, 6.45) is 0. The van der Waals surface area contributed by atoms with Crippen molar-refractivity contribution in [2.24, 2.45) is 0 Å². The first-order valence-electron chi connectivity index (χ1n) is 22.7. The molecule has 5 heteroatoms. The molecule has 3 aromatic heterocycles. The highest BCUT2D eigenvalue weighted by molar-refractivity contribution is 6.17. The Kier molecular flexibility index (Phi) is 9.10. The van der Waals surface area contributed by atoms with E-state index in [0.717, 1.165) is 94.6 Å². The van der Waals surface area contributed by atoms with Gasteiger partial charge >= 0.3 is 0 Å². The Bertz CT molecular complexity index is 3900. The van der Waals surface area contributed by atoms with Crippen molar-refractivity contribution >= 4 is 43.6 Å². The highest BCUT2D eigenvalue weighted by atomic mass is 15.3. The topological polar surface area (TPSA) is 40.6 Å². The summed E-state index contributed by atoms with van der Waals surface area (Å²) >= 11 is 0. The predicted octanol–water partition coefficient (Wildman–Crippen LogP) is 15.8. The Balaban J connectivity index is 1.05. The molecule has 13 aromatic rings. The van der Waals surface area contributed by atoms with Crippen LogP contribution in [0.4, 0.5) is 0 Å². The maximum Gasteiger partial charge on any atom is 0.169 e. The summed E-state index contributed by atoms with van der Waals surface area (Å²) < 4.78 is 7.05. The molecule has 0 aliphatic rings. The summed E-state index contributed by atoms with van der Waals surface area (Å²) in [5.41, 5.74) is 16.6. The van der Waals surface area contributed by atoms with Crippen molar-refractivity contribution in [3.8, 4) is 73.2 Å². The third kappa shape index (κ3) is 6.39. The first-order valence-corrected chi connectivity index (χ1v) is 22.7. The molecule has 3 heterocycles. The van der Waals surface area contributed by atoms with E-state index in [2.05, 4.69) is 262 Å². The average molecular weight is 856 g/mol. The molecule has 0 aliphatic carbocycles. The summed E-state index contributed by atoms with van der Waals surface area (Å²) in [6.45, 7) is 0. The number of rotatable bonds is 8. The summed E-state index contributed by atoms with van der Waals surface area (Å²) in [6, 6.07) is 88.9. The molecule has 0 radical (unpaired) electrons. The molecule has 0 fully saturated rings. The Hall–Kier alpha value is -9.06. The molecule has 0 saturated heterocycles. The maximum atomic E-state index is 5.18. The molecule has 67 heavy (non-hydrogen) atoms. The number of hydrogen-bond donors (Lipinski definition) is 0. The summed E-state index contributed by atoms with van der Waals surface area (Å²) in [5.74, 6) is 1.55. The standard InChI is InChI=1S/C62H41N5/c1-5-20-42(21-6-1)45-26-17-29-49(39-45)65-55-34-15-13-30-51(55)59-53(32-18-36-57(59)65)61-63-64-62(67(61)48-27-11-4-12-28-48)54-33-19-37-58-60(54)52-31-14-16-35-56(52)66(58)50-40-46(43-22-7-2-8-23-43)38-47(41-50)44-24-9-3-10-25-44/h1-41H. The maximum absolute atomic E-state index is 5.18. The van der Waals surface area contributed by atoms with Crippen LogP contribution in [0.3, 0.4) is 0 Å². The van der Waals surface area contributed by atoms with Crippen LogP contribution >= 0.6 is 0 Å². The summed E-state index contributed by atoms with van der Waals surface area (Å²) in [5, 5.41) is 14.9. The molecule has 5 nitrogen and oxygen atoms in total. The summed E-state index contributed by atoms with van der Waals surface area (Å²) in [4.78, 5) is 0. The number of aromatic nitrogens is 5. The van der Waals surface area contributed by atoms with Gasteiger partial charge in [0, 0.05) is 49.7 Å². The lowest BCUT2D eigenvalue weighted by molar-refractivity contribution is 1.08. The monoisotopic (exact) mass is 855 g/mol. The van der Waals surface area contributed by atoms with Crippen molar-refractivity contribution in [1.29, 1.82) is 0 Å². The minimum Gasteiger partial charge on any atom is -0.309 e. The smallest absolute Gasteiger partial charge is 0.169 e. The lowest BCUT2D eigenvalue weighted by Gasteiger charge is -2.15. The lowest BCUT2D eigenvalue weighted by atomic mass is 9.98. The van der Waals surface area contributed by atoms with Gasteiger partial charge in [-0.2, -0.15) is 0 Å². The van der Waals surface area contributed by atoms with Gasteiger partial charge in [0.05, 0.1) is 22.1 Å². The van der Waals surface area contributed by atoms with Crippen LogP contribution in [0.25, 0.3) is 117 Å². The number of nitrogens with zero attached hydrogens (tertiary/aromatic N) is 5. The second kappa shape index (κ2) is 15.9. The zero-order valence-electron chi connectivity index (χ0n) is 36.4. The van der Waals surface area contributed by atoms with E-state index in [4.69, 9.17) is 10.2 Å². The van der Waals surface area contributed by atoms with Crippen molar-refractivity contribution in [3.63, 3.8) is 0 Å². The van der Waals surface area contributed by atoms with Gasteiger partial charge in [-0.3, -0.25) is 4.57 Å². The Morgan fingerprint density at radius 2 is 0.612 bits per heavy atom. The molecule has 0 N–H and O–H groups in total. The molecule has 0 atom stereocenters. The van der Waals surface area contributed by atoms with Gasteiger partial charge in [0.15, 0.2) is 11.6 Å². The fourth-order valence-electron chi connectivity index (χ4n) is 10.2. The molecule has 314 valence electrons. The van der Waals surface area contributed by atoms with Crippen molar-refractivity contribution in [3.05, 3.63) is 249 Å². The van der Waals surface area contributed by atoms with Crippen molar-refractivity contribution in [1.82, 2.24) is 23.9 Å².